The monoisotopic (exact) mass is 374 g/mol. The van der Waals surface area contributed by atoms with Gasteiger partial charge in [-0.3, -0.25) is 4.79 Å². The van der Waals surface area contributed by atoms with Crippen molar-refractivity contribution in [3.05, 3.63) is 27.1 Å². The summed E-state index contributed by atoms with van der Waals surface area (Å²) in [5.41, 5.74) is 0.933. The highest BCUT2D eigenvalue weighted by atomic mass is 79.9. The van der Waals surface area contributed by atoms with Gasteiger partial charge in [0.1, 0.15) is 0 Å². The second kappa shape index (κ2) is 5.72. The normalized spacial score (nSPS) is 19.9. The van der Waals surface area contributed by atoms with Crippen molar-refractivity contribution in [3.63, 3.8) is 0 Å². The fraction of sp³-hybridized carbons (Fsp3) is 0.462. The summed E-state index contributed by atoms with van der Waals surface area (Å²) in [6.45, 7) is 4.88. The number of nitrogens with one attached hydrogen (secondary N) is 1. The van der Waals surface area contributed by atoms with Gasteiger partial charge in [-0.15, -0.1) is 0 Å². The quantitative estimate of drug-likeness (QED) is 0.878. The molecular formula is C13H16Br2N2O. The first-order valence-corrected chi connectivity index (χ1v) is 7.60. The van der Waals surface area contributed by atoms with E-state index in [4.69, 9.17) is 0 Å². The van der Waals surface area contributed by atoms with Crippen molar-refractivity contribution >= 4 is 43.5 Å². The predicted octanol–water partition coefficient (Wildman–Crippen LogP) is 3.31. The van der Waals surface area contributed by atoms with Gasteiger partial charge in [0.25, 0.3) is 0 Å². The van der Waals surface area contributed by atoms with Crippen molar-refractivity contribution in [1.29, 1.82) is 0 Å². The van der Waals surface area contributed by atoms with E-state index in [1.807, 2.05) is 23.1 Å². The molecule has 1 saturated heterocycles. The minimum atomic E-state index is -0.0594. The zero-order chi connectivity index (χ0) is 13.3. The molecule has 3 nitrogen and oxygen atoms in total. The van der Waals surface area contributed by atoms with E-state index in [-0.39, 0.29) is 11.9 Å². The Balaban J connectivity index is 2.20. The molecule has 1 heterocycles. The summed E-state index contributed by atoms with van der Waals surface area (Å²) < 4.78 is 1.93. The van der Waals surface area contributed by atoms with E-state index in [1.54, 1.807) is 0 Å². The molecule has 5 heteroatoms. The van der Waals surface area contributed by atoms with Crippen LogP contribution >= 0.6 is 31.9 Å². The Morgan fingerprint density at radius 3 is 2.78 bits per heavy atom. The van der Waals surface area contributed by atoms with E-state index in [0.29, 0.717) is 6.04 Å². The number of halogens is 2. The van der Waals surface area contributed by atoms with Gasteiger partial charge in [-0.05, 0) is 40.5 Å². The van der Waals surface area contributed by atoms with Crippen LogP contribution in [0.25, 0.3) is 0 Å². The van der Waals surface area contributed by atoms with E-state index < -0.39 is 0 Å². The van der Waals surface area contributed by atoms with Crippen molar-refractivity contribution in [2.24, 2.45) is 0 Å². The molecule has 1 unspecified atom stereocenters. The van der Waals surface area contributed by atoms with Crippen LogP contribution in [0.4, 0.5) is 5.69 Å². The van der Waals surface area contributed by atoms with E-state index >= 15 is 0 Å². The topological polar surface area (TPSA) is 32.3 Å². The van der Waals surface area contributed by atoms with Gasteiger partial charge in [0.2, 0.25) is 5.91 Å². The average Bonchev–Trinajstić information content (AvgIpc) is 2.64. The molecule has 0 radical (unpaired) electrons. The summed E-state index contributed by atoms with van der Waals surface area (Å²) >= 11 is 6.95. The number of carbonyl (C=O) groups is 1. The lowest BCUT2D eigenvalue weighted by molar-refractivity contribution is -0.118. The van der Waals surface area contributed by atoms with Crippen LogP contribution < -0.4 is 10.2 Å². The molecule has 1 aliphatic rings. The lowest BCUT2D eigenvalue weighted by Crippen LogP contribution is -2.41. The molecule has 18 heavy (non-hydrogen) atoms. The maximum absolute atomic E-state index is 12.3. The van der Waals surface area contributed by atoms with Crippen LogP contribution in [0.5, 0.6) is 0 Å². The van der Waals surface area contributed by atoms with Crippen LogP contribution in [-0.2, 0) is 4.79 Å². The lowest BCUT2D eigenvalue weighted by Gasteiger charge is -2.20. The Kier molecular flexibility index (Phi) is 4.45. The average molecular weight is 376 g/mol. The predicted molar refractivity (Wildman–Crippen MR) is 80.9 cm³/mol. The maximum Gasteiger partial charge on any atom is 0.244 e. The molecule has 0 saturated carbocycles. The van der Waals surface area contributed by atoms with Crippen molar-refractivity contribution in [2.75, 3.05) is 11.4 Å². The van der Waals surface area contributed by atoms with Crippen molar-refractivity contribution in [3.8, 4) is 0 Å². The highest BCUT2D eigenvalue weighted by Gasteiger charge is 2.33. The number of nitrogens with zero attached hydrogens (tertiary/aromatic N) is 1. The lowest BCUT2D eigenvalue weighted by atomic mass is 10.2. The largest absolute Gasteiger partial charge is 0.310 e. The molecule has 98 valence electrons. The summed E-state index contributed by atoms with van der Waals surface area (Å²) in [5.74, 6) is 0.155. The summed E-state index contributed by atoms with van der Waals surface area (Å²) in [6, 6.07) is 6.15. The van der Waals surface area contributed by atoms with Gasteiger partial charge in [0, 0.05) is 21.5 Å². The van der Waals surface area contributed by atoms with Crippen LogP contribution in [0, 0.1) is 0 Å². The Hall–Kier alpha value is -0.390. The number of hydrogen-bond donors (Lipinski definition) is 1. The van der Waals surface area contributed by atoms with Crippen LogP contribution in [0.15, 0.2) is 27.1 Å². The van der Waals surface area contributed by atoms with E-state index in [1.165, 1.54) is 0 Å². The number of hydrogen-bond acceptors (Lipinski definition) is 2. The fourth-order valence-electron chi connectivity index (χ4n) is 2.17. The summed E-state index contributed by atoms with van der Waals surface area (Å²) in [7, 11) is 0. The van der Waals surface area contributed by atoms with Crippen LogP contribution in [0.1, 0.15) is 20.3 Å². The second-order valence-corrected chi connectivity index (χ2v) is 6.52. The molecule has 0 bridgehead atoms. The van der Waals surface area contributed by atoms with E-state index in [2.05, 4.69) is 51.0 Å². The van der Waals surface area contributed by atoms with Crippen LogP contribution in [0.3, 0.4) is 0 Å². The Bertz CT molecular complexity index is 462. The highest BCUT2D eigenvalue weighted by molar-refractivity contribution is 9.11. The summed E-state index contributed by atoms with van der Waals surface area (Å²) in [4.78, 5) is 14.2. The molecule has 1 N–H and O–H groups in total. The van der Waals surface area contributed by atoms with Crippen LogP contribution in [-0.4, -0.2) is 24.5 Å². The standard InChI is InChI=1S/C13H16Br2N2O/c1-8(2)16-11-5-6-17(13(11)18)12-7-9(14)3-4-10(12)15/h3-4,7-8,11,16H,5-6H2,1-2H3. The third kappa shape index (κ3) is 2.95. The van der Waals surface area contributed by atoms with Gasteiger partial charge >= 0.3 is 0 Å². The third-order valence-electron chi connectivity index (χ3n) is 2.94. The SMILES string of the molecule is CC(C)NC1CCN(c2cc(Br)ccc2Br)C1=O. The fourth-order valence-corrected chi connectivity index (χ4v) is 2.98. The maximum atomic E-state index is 12.3. The van der Waals surface area contributed by atoms with E-state index in [9.17, 15) is 4.79 Å². The first-order valence-electron chi connectivity index (χ1n) is 6.01. The molecule has 1 aromatic rings. The molecule has 1 amide bonds. The number of amides is 1. The second-order valence-electron chi connectivity index (χ2n) is 4.75. The number of rotatable bonds is 3. The molecule has 1 fully saturated rings. The summed E-state index contributed by atoms with van der Waals surface area (Å²) in [6.07, 6.45) is 0.857. The first kappa shape index (κ1) is 14.0. The molecule has 1 aromatic carbocycles. The smallest absolute Gasteiger partial charge is 0.244 e. The molecule has 0 spiro atoms. The zero-order valence-electron chi connectivity index (χ0n) is 10.4. The first-order chi connectivity index (χ1) is 8.49. The molecule has 0 aromatic heterocycles. The zero-order valence-corrected chi connectivity index (χ0v) is 13.6. The van der Waals surface area contributed by atoms with E-state index in [0.717, 1.165) is 27.6 Å². The highest BCUT2D eigenvalue weighted by Crippen LogP contribution is 2.32. The van der Waals surface area contributed by atoms with Crippen molar-refractivity contribution in [1.82, 2.24) is 5.32 Å². The molecule has 2 rings (SSSR count). The van der Waals surface area contributed by atoms with Gasteiger partial charge in [-0.25, -0.2) is 0 Å². The summed E-state index contributed by atoms with van der Waals surface area (Å²) in [5, 5.41) is 3.31. The Morgan fingerprint density at radius 1 is 1.39 bits per heavy atom. The van der Waals surface area contributed by atoms with Crippen molar-refractivity contribution in [2.45, 2.75) is 32.4 Å². The van der Waals surface area contributed by atoms with Gasteiger partial charge in [-0.2, -0.15) is 0 Å². The van der Waals surface area contributed by atoms with Gasteiger partial charge in [0.05, 0.1) is 11.7 Å². The minimum Gasteiger partial charge on any atom is -0.310 e. The van der Waals surface area contributed by atoms with Gasteiger partial charge in [0.15, 0.2) is 0 Å². The number of carbonyl (C=O) groups excluding carboxylic acids is 1. The molecule has 1 atom stereocenters. The third-order valence-corrected chi connectivity index (χ3v) is 4.10. The Labute approximate surface area is 124 Å². The molecule has 1 aliphatic heterocycles. The Morgan fingerprint density at radius 2 is 2.11 bits per heavy atom. The molecular weight excluding hydrogens is 360 g/mol. The van der Waals surface area contributed by atoms with Crippen LogP contribution in [0.2, 0.25) is 0 Å². The number of anilines is 1. The van der Waals surface area contributed by atoms with Gasteiger partial charge < -0.3 is 10.2 Å². The molecule has 0 aliphatic carbocycles. The minimum absolute atomic E-state index is 0.0594. The van der Waals surface area contributed by atoms with Gasteiger partial charge in [-0.1, -0.05) is 29.8 Å². The number of benzene rings is 1. The van der Waals surface area contributed by atoms with Crippen molar-refractivity contribution < 1.29 is 4.79 Å².